The first-order valence-electron chi connectivity index (χ1n) is 16.0. The van der Waals surface area contributed by atoms with E-state index in [2.05, 4.69) is 85.5 Å². The SMILES string of the molecule is C=C1/C=C\C=C/Cc2cc(-c3ccc(-c4ccccc4-c4nc(-c5ccccc5)nc(-c5ccccc5)n4)cc3)c3ccccc3c2O1. The maximum Gasteiger partial charge on any atom is 0.164 e. The Balaban J connectivity index is 1.22. The van der Waals surface area contributed by atoms with Gasteiger partial charge in [0.2, 0.25) is 0 Å². The van der Waals surface area contributed by atoms with Crippen molar-refractivity contribution in [1.82, 2.24) is 15.0 Å². The van der Waals surface area contributed by atoms with Crippen LogP contribution in [0.3, 0.4) is 0 Å². The van der Waals surface area contributed by atoms with E-state index in [1.54, 1.807) is 0 Å². The second-order valence-electron chi connectivity index (χ2n) is 11.7. The topological polar surface area (TPSA) is 47.9 Å². The Labute approximate surface area is 280 Å². The summed E-state index contributed by atoms with van der Waals surface area (Å²) in [4.78, 5) is 14.9. The minimum absolute atomic E-state index is 0.619. The summed E-state index contributed by atoms with van der Waals surface area (Å²) in [6.45, 7) is 4.10. The van der Waals surface area contributed by atoms with E-state index < -0.39 is 0 Å². The molecule has 8 rings (SSSR count). The fraction of sp³-hybridized carbons (Fsp3) is 0.0227. The van der Waals surface area contributed by atoms with Gasteiger partial charge in [0, 0.05) is 22.1 Å². The molecule has 0 aliphatic carbocycles. The van der Waals surface area contributed by atoms with E-state index in [0.717, 1.165) is 67.5 Å². The van der Waals surface area contributed by atoms with Gasteiger partial charge in [-0.15, -0.1) is 0 Å². The number of fused-ring (bicyclic) bond motifs is 3. The van der Waals surface area contributed by atoms with Crippen LogP contribution in [0.2, 0.25) is 0 Å². The third-order valence-corrected chi connectivity index (χ3v) is 8.55. The number of rotatable bonds is 5. The van der Waals surface area contributed by atoms with Gasteiger partial charge >= 0.3 is 0 Å². The molecule has 6 aromatic carbocycles. The number of benzene rings is 6. The van der Waals surface area contributed by atoms with Crippen molar-refractivity contribution in [3.05, 3.63) is 182 Å². The molecular weight excluding hydrogens is 587 g/mol. The molecule has 0 N–H and O–H groups in total. The lowest BCUT2D eigenvalue weighted by atomic mass is 9.91. The van der Waals surface area contributed by atoms with E-state index in [0.29, 0.717) is 23.2 Å². The van der Waals surface area contributed by atoms with Crippen LogP contribution >= 0.6 is 0 Å². The first-order valence-corrected chi connectivity index (χ1v) is 16.0. The van der Waals surface area contributed by atoms with Gasteiger partial charge in [-0.2, -0.15) is 0 Å². The largest absolute Gasteiger partial charge is 0.457 e. The highest BCUT2D eigenvalue weighted by molar-refractivity contribution is 6.01. The zero-order valence-electron chi connectivity index (χ0n) is 26.3. The van der Waals surface area contributed by atoms with E-state index in [1.165, 1.54) is 0 Å². The van der Waals surface area contributed by atoms with Crippen molar-refractivity contribution in [3.63, 3.8) is 0 Å². The van der Waals surface area contributed by atoms with Gasteiger partial charge in [-0.25, -0.2) is 15.0 Å². The lowest BCUT2D eigenvalue weighted by Crippen LogP contribution is -2.01. The fourth-order valence-corrected chi connectivity index (χ4v) is 6.21. The molecule has 228 valence electrons. The molecule has 0 saturated carbocycles. The molecule has 2 heterocycles. The molecule has 0 fully saturated rings. The van der Waals surface area contributed by atoms with Crippen molar-refractivity contribution in [3.8, 4) is 62.2 Å². The van der Waals surface area contributed by atoms with Crippen LogP contribution in [0.1, 0.15) is 5.56 Å². The molecule has 4 heteroatoms. The van der Waals surface area contributed by atoms with Gasteiger partial charge in [-0.1, -0.05) is 158 Å². The molecule has 48 heavy (non-hydrogen) atoms. The molecule has 0 unspecified atom stereocenters. The second kappa shape index (κ2) is 12.8. The van der Waals surface area contributed by atoms with Crippen molar-refractivity contribution < 1.29 is 4.74 Å². The zero-order chi connectivity index (χ0) is 32.3. The van der Waals surface area contributed by atoms with Crippen molar-refractivity contribution in [1.29, 1.82) is 0 Å². The number of nitrogens with zero attached hydrogens (tertiary/aromatic N) is 3. The zero-order valence-corrected chi connectivity index (χ0v) is 26.3. The van der Waals surface area contributed by atoms with E-state index in [4.69, 9.17) is 19.7 Å². The normalized spacial score (nSPS) is 13.9. The molecule has 1 aliphatic heterocycles. The maximum absolute atomic E-state index is 6.29. The predicted molar refractivity (Wildman–Crippen MR) is 196 cm³/mol. The fourth-order valence-electron chi connectivity index (χ4n) is 6.21. The van der Waals surface area contributed by atoms with Crippen LogP contribution < -0.4 is 4.74 Å². The van der Waals surface area contributed by atoms with Gasteiger partial charge in [-0.3, -0.25) is 0 Å². The molecule has 0 amide bonds. The standard InChI is InChI=1S/C44H31N3O/c1-30-15-5-2-10-20-35-29-40(37-22-12-13-23-38(37)41(35)48-30)32-27-25-31(26-28-32)36-21-11-14-24-39(36)44-46-42(33-16-6-3-7-17-33)45-43(47-44)34-18-8-4-9-19-34/h2-19,21-29H,1,20H2/b10-2-,15-5-. The van der Waals surface area contributed by atoms with E-state index in [9.17, 15) is 0 Å². The summed E-state index contributed by atoms with van der Waals surface area (Å²) >= 11 is 0. The van der Waals surface area contributed by atoms with Gasteiger partial charge in [0.05, 0.1) is 0 Å². The van der Waals surface area contributed by atoms with Crippen LogP contribution in [-0.2, 0) is 6.42 Å². The van der Waals surface area contributed by atoms with Crippen LogP contribution in [0, 0.1) is 0 Å². The molecule has 1 aliphatic rings. The average molecular weight is 618 g/mol. The van der Waals surface area contributed by atoms with E-state index in [1.807, 2.05) is 85.0 Å². The Bertz CT molecular complexity index is 2280. The van der Waals surface area contributed by atoms with Crippen molar-refractivity contribution in [2.45, 2.75) is 6.42 Å². The monoisotopic (exact) mass is 617 g/mol. The van der Waals surface area contributed by atoms with E-state index >= 15 is 0 Å². The predicted octanol–water partition coefficient (Wildman–Crippen LogP) is 10.9. The lowest BCUT2D eigenvalue weighted by Gasteiger charge is -2.17. The number of ether oxygens (including phenoxy) is 1. The average Bonchev–Trinajstić information content (AvgIpc) is 3.25. The van der Waals surface area contributed by atoms with Gasteiger partial charge in [0.15, 0.2) is 17.5 Å². The van der Waals surface area contributed by atoms with Gasteiger partial charge < -0.3 is 4.74 Å². The van der Waals surface area contributed by atoms with Crippen molar-refractivity contribution in [2.24, 2.45) is 0 Å². The highest BCUT2D eigenvalue weighted by Gasteiger charge is 2.18. The molecular formula is C44H31N3O. The Morgan fingerprint density at radius 1 is 0.479 bits per heavy atom. The molecule has 0 radical (unpaired) electrons. The van der Waals surface area contributed by atoms with Crippen LogP contribution in [-0.4, -0.2) is 15.0 Å². The van der Waals surface area contributed by atoms with E-state index in [-0.39, 0.29) is 0 Å². The summed E-state index contributed by atoms with van der Waals surface area (Å²) in [6.07, 6.45) is 8.83. The van der Waals surface area contributed by atoms with Crippen molar-refractivity contribution in [2.75, 3.05) is 0 Å². The molecule has 0 spiro atoms. The molecule has 0 saturated heterocycles. The third kappa shape index (κ3) is 5.72. The van der Waals surface area contributed by atoms with Crippen LogP contribution in [0.5, 0.6) is 5.75 Å². The first kappa shape index (κ1) is 29.0. The molecule has 0 atom stereocenters. The Hall–Kier alpha value is -6.39. The second-order valence-corrected chi connectivity index (χ2v) is 11.7. The number of hydrogen-bond acceptors (Lipinski definition) is 4. The van der Waals surface area contributed by atoms with Gasteiger partial charge in [0.1, 0.15) is 11.5 Å². The maximum atomic E-state index is 6.29. The summed E-state index contributed by atoms with van der Waals surface area (Å²) in [5.74, 6) is 3.40. The molecule has 0 bridgehead atoms. The summed E-state index contributed by atoms with van der Waals surface area (Å²) in [5.41, 5.74) is 8.39. The van der Waals surface area contributed by atoms with Crippen LogP contribution in [0.25, 0.3) is 67.2 Å². The minimum Gasteiger partial charge on any atom is -0.457 e. The summed E-state index contributed by atoms with van der Waals surface area (Å²) in [7, 11) is 0. The summed E-state index contributed by atoms with van der Waals surface area (Å²) < 4.78 is 6.29. The first-order chi connectivity index (χ1) is 23.7. The number of allylic oxidation sites excluding steroid dienone is 4. The Morgan fingerprint density at radius 3 is 1.69 bits per heavy atom. The Morgan fingerprint density at radius 2 is 1.02 bits per heavy atom. The van der Waals surface area contributed by atoms with Crippen LogP contribution in [0.15, 0.2) is 176 Å². The van der Waals surface area contributed by atoms with Crippen LogP contribution in [0.4, 0.5) is 0 Å². The third-order valence-electron chi connectivity index (χ3n) is 8.55. The smallest absolute Gasteiger partial charge is 0.164 e. The molecule has 4 nitrogen and oxygen atoms in total. The minimum atomic E-state index is 0.619. The number of aromatic nitrogens is 3. The quantitative estimate of drug-likeness (QED) is 0.193. The Kier molecular flexibility index (Phi) is 7.73. The lowest BCUT2D eigenvalue weighted by molar-refractivity contribution is 0.448. The van der Waals surface area contributed by atoms with Gasteiger partial charge in [-0.05, 0) is 51.8 Å². The highest BCUT2D eigenvalue weighted by atomic mass is 16.5. The van der Waals surface area contributed by atoms with Gasteiger partial charge in [0.25, 0.3) is 0 Å². The molecule has 7 aromatic rings. The summed E-state index contributed by atoms with van der Waals surface area (Å²) in [5, 5.41) is 2.21. The highest BCUT2D eigenvalue weighted by Crippen LogP contribution is 2.40. The van der Waals surface area contributed by atoms with Crippen molar-refractivity contribution >= 4 is 10.8 Å². The number of hydrogen-bond donors (Lipinski definition) is 0. The summed E-state index contributed by atoms with van der Waals surface area (Å²) in [6, 6.07) is 47.9. The molecule has 1 aromatic heterocycles.